The Kier molecular flexibility index (Phi) is 7.14. The number of nitrogens with zero attached hydrogens (tertiary/aromatic N) is 1. The van der Waals surface area contributed by atoms with Gasteiger partial charge in [-0.2, -0.15) is 0 Å². The molecule has 3 aromatic rings. The fourth-order valence-corrected chi connectivity index (χ4v) is 3.03. The SMILES string of the molecule is CC(C)(C)OC(=O)NCCc1[nH]n(-c2ccccc2)c(=O)c1C(=O)OCc1ccccc1. The maximum atomic E-state index is 13.0. The lowest BCUT2D eigenvalue weighted by Gasteiger charge is -2.19. The summed E-state index contributed by atoms with van der Waals surface area (Å²) in [4.78, 5) is 37.8. The molecule has 168 valence electrons. The number of esters is 1. The molecule has 8 nitrogen and oxygen atoms in total. The van der Waals surface area contributed by atoms with Gasteiger partial charge in [0.05, 0.1) is 11.4 Å². The minimum atomic E-state index is -0.725. The van der Waals surface area contributed by atoms with E-state index in [2.05, 4.69) is 10.4 Å². The highest BCUT2D eigenvalue weighted by atomic mass is 16.6. The van der Waals surface area contributed by atoms with E-state index >= 15 is 0 Å². The van der Waals surface area contributed by atoms with Gasteiger partial charge in [0.1, 0.15) is 17.8 Å². The molecular weight excluding hydrogens is 410 g/mol. The normalized spacial score (nSPS) is 11.1. The largest absolute Gasteiger partial charge is 0.457 e. The van der Waals surface area contributed by atoms with Gasteiger partial charge in [0.25, 0.3) is 5.56 Å². The molecule has 0 unspecified atom stereocenters. The molecular formula is C24H27N3O5. The number of nitrogens with one attached hydrogen (secondary N) is 2. The highest BCUT2D eigenvalue weighted by Gasteiger charge is 2.24. The van der Waals surface area contributed by atoms with Crippen molar-refractivity contribution >= 4 is 12.1 Å². The van der Waals surface area contributed by atoms with Crippen LogP contribution >= 0.6 is 0 Å². The van der Waals surface area contributed by atoms with E-state index in [9.17, 15) is 14.4 Å². The molecule has 2 aromatic carbocycles. The Bertz CT molecular complexity index is 1110. The van der Waals surface area contributed by atoms with Crippen LogP contribution in [0.1, 0.15) is 42.4 Å². The molecule has 3 rings (SSSR count). The zero-order valence-corrected chi connectivity index (χ0v) is 18.4. The first-order valence-electron chi connectivity index (χ1n) is 10.3. The number of carbonyl (C=O) groups excluding carboxylic acids is 2. The van der Waals surface area contributed by atoms with Crippen molar-refractivity contribution < 1.29 is 19.1 Å². The van der Waals surface area contributed by atoms with E-state index in [1.807, 2.05) is 36.4 Å². The number of H-pyrrole nitrogens is 1. The zero-order chi connectivity index (χ0) is 23.1. The molecule has 0 radical (unpaired) electrons. The second-order valence-electron chi connectivity index (χ2n) is 8.18. The van der Waals surface area contributed by atoms with E-state index in [1.54, 1.807) is 45.0 Å². The van der Waals surface area contributed by atoms with Crippen LogP contribution in [-0.2, 0) is 22.5 Å². The third kappa shape index (κ3) is 6.10. The summed E-state index contributed by atoms with van der Waals surface area (Å²) in [5.41, 5.74) is 0.542. The van der Waals surface area contributed by atoms with Crippen LogP contribution in [0.3, 0.4) is 0 Å². The summed E-state index contributed by atoms with van der Waals surface area (Å²) in [7, 11) is 0. The minimum absolute atomic E-state index is 0.0469. The number of aromatic amines is 1. The number of hydrogen-bond acceptors (Lipinski definition) is 5. The summed E-state index contributed by atoms with van der Waals surface area (Å²) >= 11 is 0. The Hall–Kier alpha value is -3.81. The molecule has 1 amide bonds. The molecule has 32 heavy (non-hydrogen) atoms. The Labute approximate surface area is 186 Å². The molecule has 1 aromatic heterocycles. The Balaban J connectivity index is 1.80. The van der Waals surface area contributed by atoms with Crippen LogP contribution in [-0.4, -0.2) is 34.0 Å². The van der Waals surface area contributed by atoms with Gasteiger partial charge < -0.3 is 14.8 Å². The second kappa shape index (κ2) is 10.00. The van der Waals surface area contributed by atoms with Crippen LogP contribution < -0.4 is 10.9 Å². The summed E-state index contributed by atoms with van der Waals surface area (Å²) < 4.78 is 11.9. The van der Waals surface area contributed by atoms with Crippen molar-refractivity contribution in [3.63, 3.8) is 0 Å². The van der Waals surface area contributed by atoms with E-state index in [-0.39, 0.29) is 25.1 Å². The van der Waals surface area contributed by atoms with Gasteiger partial charge in [0, 0.05) is 13.0 Å². The van der Waals surface area contributed by atoms with Crippen LogP contribution in [0.15, 0.2) is 65.5 Å². The molecule has 0 saturated carbocycles. The molecule has 0 bridgehead atoms. The molecule has 0 aliphatic carbocycles. The van der Waals surface area contributed by atoms with Crippen LogP contribution in [0.5, 0.6) is 0 Å². The van der Waals surface area contributed by atoms with Crippen molar-refractivity contribution in [2.24, 2.45) is 0 Å². The number of amides is 1. The van der Waals surface area contributed by atoms with E-state index in [4.69, 9.17) is 9.47 Å². The van der Waals surface area contributed by atoms with E-state index in [0.717, 1.165) is 5.56 Å². The molecule has 2 N–H and O–H groups in total. The van der Waals surface area contributed by atoms with Gasteiger partial charge in [-0.1, -0.05) is 48.5 Å². The molecule has 1 heterocycles. The molecule has 0 fully saturated rings. The van der Waals surface area contributed by atoms with Gasteiger partial charge in [-0.3, -0.25) is 9.89 Å². The van der Waals surface area contributed by atoms with Gasteiger partial charge in [-0.05, 0) is 38.5 Å². The molecule has 0 aliphatic rings. The fourth-order valence-electron chi connectivity index (χ4n) is 3.03. The molecule has 0 atom stereocenters. The van der Waals surface area contributed by atoms with E-state index in [1.165, 1.54) is 4.68 Å². The first-order chi connectivity index (χ1) is 15.2. The summed E-state index contributed by atoms with van der Waals surface area (Å²) in [6.45, 7) is 5.52. The van der Waals surface area contributed by atoms with Gasteiger partial charge in [0.2, 0.25) is 0 Å². The van der Waals surface area contributed by atoms with Crippen LogP contribution in [0.25, 0.3) is 5.69 Å². The van der Waals surface area contributed by atoms with E-state index in [0.29, 0.717) is 11.4 Å². The number of aromatic nitrogens is 2. The quantitative estimate of drug-likeness (QED) is 0.550. The van der Waals surface area contributed by atoms with Gasteiger partial charge >= 0.3 is 12.1 Å². The Morgan fingerprint density at radius 2 is 1.62 bits per heavy atom. The predicted molar refractivity (Wildman–Crippen MR) is 120 cm³/mol. The van der Waals surface area contributed by atoms with Gasteiger partial charge in [-0.15, -0.1) is 0 Å². The lowest BCUT2D eigenvalue weighted by molar-refractivity contribution is 0.0469. The van der Waals surface area contributed by atoms with Crippen molar-refractivity contribution in [3.8, 4) is 5.69 Å². The number of carbonyl (C=O) groups is 2. The van der Waals surface area contributed by atoms with Crippen molar-refractivity contribution in [1.82, 2.24) is 15.1 Å². The first-order valence-corrected chi connectivity index (χ1v) is 10.3. The summed E-state index contributed by atoms with van der Waals surface area (Å²) in [5.74, 6) is -0.725. The topological polar surface area (TPSA) is 102 Å². The van der Waals surface area contributed by atoms with Crippen LogP contribution in [0.4, 0.5) is 4.79 Å². The van der Waals surface area contributed by atoms with Crippen LogP contribution in [0, 0.1) is 0 Å². The number of hydrogen-bond donors (Lipinski definition) is 2. The second-order valence-corrected chi connectivity index (χ2v) is 8.18. The minimum Gasteiger partial charge on any atom is -0.457 e. The van der Waals surface area contributed by atoms with Crippen molar-refractivity contribution in [2.45, 2.75) is 39.4 Å². The zero-order valence-electron chi connectivity index (χ0n) is 18.4. The summed E-state index contributed by atoms with van der Waals surface area (Å²) in [5, 5.41) is 5.61. The molecule has 0 aliphatic heterocycles. The lowest BCUT2D eigenvalue weighted by Crippen LogP contribution is -2.33. The maximum Gasteiger partial charge on any atom is 0.407 e. The molecule has 0 spiro atoms. The smallest absolute Gasteiger partial charge is 0.407 e. The number of para-hydroxylation sites is 1. The third-order valence-corrected chi connectivity index (χ3v) is 4.44. The average Bonchev–Trinajstić information content (AvgIpc) is 3.08. The average molecular weight is 437 g/mol. The monoisotopic (exact) mass is 437 g/mol. The summed E-state index contributed by atoms with van der Waals surface area (Å²) in [6.07, 6.45) is -0.361. The van der Waals surface area contributed by atoms with Crippen molar-refractivity contribution in [2.75, 3.05) is 6.54 Å². The third-order valence-electron chi connectivity index (χ3n) is 4.44. The molecule has 0 saturated heterocycles. The first kappa shape index (κ1) is 22.9. The Morgan fingerprint density at radius 3 is 2.25 bits per heavy atom. The standard InChI is InChI=1S/C24H27N3O5/c1-24(2,3)32-23(30)25-15-14-19-20(22(29)31-16-17-10-6-4-7-11-17)21(28)27(26-19)18-12-8-5-9-13-18/h4-13,26H,14-16H2,1-3H3,(H,25,30). The molecule has 8 heteroatoms. The number of alkyl carbamates (subject to hydrolysis) is 1. The number of ether oxygens (including phenoxy) is 2. The number of rotatable bonds is 7. The predicted octanol–water partition coefficient (Wildman–Crippen LogP) is 3.59. The summed E-state index contributed by atoms with van der Waals surface area (Å²) in [6, 6.07) is 18.1. The van der Waals surface area contributed by atoms with Gasteiger partial charge in [0.15, 0.2) is 0 Å². The van der Waals surface area contributed by atoms with Crippen LogP contribution in [0.2, 0.25) is 0 Å². The maximum absolute atomic E-state index is 13.0. The Morgan fingerprint density at radius 1 is 1.00 bits per heavy atom. The lowest BCUT2D eigenvalue weighted by atomic mass is 10.2. The highest BCUT2D eigenvalue weighted by molar-refractivity contribution is 5.90. The fraction of sp³-hybridized carbons (Fsp3) is 0.292. The van der Waals surface area contributed by atoms with Gasteiger partial charge in [-0.25, -0.2) is 14.3 Å². The van der Waals surface area contributed by atoms with Crippen molar-refractivity contribution in [3.05, 3.63) is 87.8 Å². The highest BCUT2D eigenvalue weighted by Crippen LogP contribution is 2.12. The van der Waals surface area contributed by atoms with Crippen molar-refractivity contribution in [1.29, 1.82) is 0 Å². The number of benzene rings is 2. The van der Waals surface area contributed by atoms with E-state index < -0.39 is 23.2 Å².